The highest BCUT2D eigenvalue weighted by molar-refractivity contribution is 5.81. The second-order valence-electron chi connectivity index (χ2n) is 43.2. The van der Waals surface area contributed by atoms with Gasteiger partial charge in [0.25, 0.3) is 0 Å². The lowest BCUT2D eigenvalue weighted by atomic mass is 9.33. The van der Waals surface area contributed by atoms with Crippen LogP contribution in [0.1, 0.15) is 133 Å². The van der Waals surface area contributed by atoms with E-state index in [1.165, 1.54) is 27.0 Å². The number of carboxylic acids is 1. The summed E-state index contributed by atoms with van der Waals surface area (Å²) in [7, 11) is 0. The first-order valence-corrected chi connectivity index (χ1v) is 50.8. The number of amides is 1. The minimum atomic E-state index is -2.53. The van der Waals surface area contributed by atoms with E-state index in [1.54, 1.807) is 6.92 Å². The molecule has 852 valence electrons. The monoisotopic (exact) mass is 2150 g/mol. The highest BCUT2D eigenvalue weighted by Crippen LogP contribution is 2.76. The molecule has 0 aromatic rings. The van der Waals surface area contributed by atoms with Gasteiger partial charge in [0.15, 0.2) is 74.2 Å². The number of rotatable bonds is 39. The number of carboxylic acid groups (broad SMARTS) is 1. The SMILES string of the molecule is CC(=O)OC1C(C)OC(OC2C(C)OC(OC(=O)[C@@]3(O)C[C@]4(C)C(=CCC5[C@@]6(C)CC[C@H](OC7OC(C(=O)O)C(O)C(OC8OCC(O)C(O)C8O)C7OC7OC(CO)C(O)C(O)C7O)[C@@](C)(/C=N/NC(=O)CCOCCOCCOCCOCCN=[N+]=[N-])C6CC[C@]54C)C4CC(C)(C)CCC43)C(OC3OC(C)C(OC4OCC(O)C(OC5OC(CO)C(O)C(O)C5O)C4O)C(O)C3O)C2O)C(O)C1OC1OCC(O)C(O)C1O. The Morgan fingerprint density at radius 2 is 0.933 bits per heavy atom. The van der Waals surface area contributed by atoms with Crippen LogP contribution in [0.4, 0.5) is 0 Å². The lowest BCUT2D eigenvalue weighted by Gasteiger charge is -2.71. The average Bonchev–Trinajstić information content (AvgIpc) is 0.668. The van der Waals surface area contributed by atoms with Crippen molar-refractivity contribution in [3.63, 3.8) is 0 Å². The molecule has 24 N–H and O–H groups in total. The number of carbonyl (C=O) groups excluding carboxylic acids is 3. The van der Waals surface area contributed by atoms with Crippen molar-refractivity contribution in [2.45, 2.75) is 403 Å². The van der Waals surface area contributed by atoms with Crippen LogP contribution >= 0.6 is 0 Å². The molecule has 9 saturated heterocycles. The lowest BCUT2D eigenvalue weighted by Crippen LogP contribution is -2.70. The predicted octanol–water partition coefficient (Wildman–Crippen LogP) is -8.43. The molecule has 14 aliphatic rings. The van der Waals surface area contributed by atoms with E-state index in [4.69, 9.17) is 114 Å². The van der Waals surface area contributed by atoms with Gasteiger partial charge >= 0.3 is 17.9 Å². The molecule has 4 saturated carbocycles. The van der Waals surface area contributed by atoms with E-state index in [0.29, 0.717) is 19.3 Å². The van der Waals surface area contributed by atoms with Crippen LogP contribution in [0, 0.1) is 50.7 Å². The summed E-state index contributed by atoms with van der Waals surface area (Å²) in [4.78, 5) is 59.5. The number of hydrogen-bond donors (Lipinski definition) is 24. The first kappa shape index (κ1) is 119. The van der Waals surface area contributed by atoms with Crippen LogP contribution < -0.4 is 5.43 Å². The summed E-state index contributed by atoms with van der Waals surface area (Å²) in [6, 6.07) is 0. The van der Waals surface area contributed by atoms with Crippen LogP contribution in [0.25, 0.3) is 10.4 Å². The van der Waals surface area contributed by atoms with Crippen LogP contribution in [0.5, 0.6) is 0 Å². The highest BCUT2D eigenvalue weighted by atomic mass is 16.8. The average molecular weight is 2150 g/mol. The number of aliphatic hydroxyl groups is 22. The maximum atomic E-state index is 16.6. The number of aliphatic hydroxyl groups excluding tert-OH is 21. The zero-order chi connectivity index (χ0) is 108. The van der Waals surface area contributed by atoms with Crippen LogP contribution in [-0.2, 0) is 128 Å². The van der Waals surface area contributed by atoms with Gasteiger partial charge in [0, 0.05) is 35.9 Å². The van der Waals surface area contributed by atoms with Gasteiger partial charge in [0.2, 0.25) is 12.2 Å². The molecule has 46 unspecified atom stereocenters. The number of carbonyl (C=O) groups is 4. The Labute approximate surface area is 856 Å². The van der Waals surface area contributed by atoms with E-state index in [0.717, 1.165) is 12.5 Å². The molecule has 0 radical (unpaired) electrons. The molecule has 55 nitrogen and oxygen atoms in total. The normalized spacial score (nSPS) is 48.5. The van der Waals surface area contributed by atoms with Crippen molar-refractivity contribution < 1.29 is 246 Å². The minimum absolute atomic E-state index is 0.0169. The zero-order valence-corrected chi connectivity index (χ0v) is 84.4. The number of azide groups is 1. The van der Waals surface area contributed by atoms with Gasteiger partial charge in [0.05, 0.1) is 117 Å². The van der Waals surface area contributed by atoms with E-state index >= 15 is 4.79 Å². The highest BCUT2D eigenvalue weighted by Gasteiger charge is 2.74. The Balaban J connectivity index is 0.764. The fourth-order valence-corrected chi connectivity index (χ4v) is 24.7. The van der Waals surface area contributed by atoms with E-state index in [2.05, 4.69) is 54.3 Å². The van der Waals surface area contributed by atoms with Gasteiger partial charge in [-0.15, -0.1) is 0 Å². The number of hydrogen-bond acceptors (Lipinski definition) is 51. The van der Waals surface area contributed by atoms with Gasteiger partial charge in [-0.2, -0.15) is 5.10 Å². The maximum Gasteiger partial charge on any atom is 0.340 e. The Bertz CT molecular complexity index is 4480. The number of ether oxygens (including phenoxy) is 23. The van der Waals surface area contributed by atoms with E-state index in [9.17, 15) is 132 Å². The summed E-state index contributed by atoms with van der Waals surface area (Å²) in [5.74, 6) is -7.21. The quantitative estimate of drug-likeness (QED) is 0.00313. The van der Waals surface area contributed by atoms with E-state index in [1.807, 2.05) is 6.92 Å². The first-order chi connectivity index (χ1) is 70.4. The van der Waals surface area contributed by atoms with Gasteiger partial charge in [0.1, 0.15) is 165 Å². The van der Waals surface area contributed by atoms with Crippen molar-refractivity contribution in [3.8, 4) is 0 Å². The first-order valence-electron chi connectivity index (χ1n) is 50.8. The lowest BCUT2D eigenvalue weighted by molar-refractivity contribution is -0.392. The Morgan fingerprint density at radius 3 is 1.50 bits per heavy atom. The van der Waals surface area contributed by atoms with Gasteiger partial charge in [-0.1, -0.05) is 58.3 Å². The molecule has 1 amide bonds. The predicted molar refractivity (Wildman–Crippen MR) is 488 cm³/mol. The number of hydrazone groups is 1. The molecule has 0 aromatic heterocycles. The molecule has 14 rings (SSSR count). The number of nitrogens with zero attached hydrogens (tertiary/aromatic N) is 4. The molecule has 5 aliphatic carbocycles. The van der Waals surface area contributed by atoms with Crippen LogP contribution in [0.15, 0.2) is 21.9 Å². The number of allylic oxidation sites excluding steroid dienone is 2. The summed E-state index contributed by atoms with van der Waals surface area (Å²) in [6.45, 7) is 14.9. The number of esters is 2. The Morgan fingerprint density at radius 1 is 0.463 bits per heavy atom. The Hall–Kier alpha value is -5.12. The van der Waals surface area contributed by atoms with Crippen molar-refractivity contribution in [3.05, 3.63) is 22.1 Å². The van der Waals surface area contributed by atoms with Gasteiger partial charge in [-0.05, 0) is 124 Å². The fraction of sp³-hybridized carbons (Fsp3) is 0.926. The van der Waals surface area contributed by atoms with Crippen molar-refractivity contribution >= 4 is 30.0 Å². The minimum Gasteiger partial charge on any atom is -0.479 e. The van der Waals surface area contributed by atoms with E-state index in [-0.39, 0.29) is 104 Å². The third kappa shape index (κ3) is 25.0. The van der Waals surface area contributed by atoms with Crippen molar-refractivity contribution in [1.82, 2.24) is 5.43 Å². The van der Waals surface area contributed by atoms with Crippen molar-refractivity contribution in [1.29, 1.82) is 0 Å². The summed E-state index contributed by atoms with van der Waals surface area (Å²) in [5.41, 5.74) is 4.47. The summed E-state index contributed by atoms with van der Waals surface area (Å²) in [5, 5.41) is 269. The Kier molecular flexibility index (Phi) is 40.0. The molecule has 13 fully saturated rings. The molecule has 149 heavy (non-hydrogen) atoms. The van der Waals surface area contributed by atoms with E-state index < -0.39 is 377 Å². The molecule has 9 aliphatic heterocycles. The number of nitrogens with one attached hydrogen (secondary N) is 1. The summed E-state index contributed by atoms with van der Waals surface area (Å²) < 4.78 is 138. The third-order valence-corrected chi connectivity index (χ3v) is 33.0. The number of aliphatic carboxylic acids is 1. The van der Waals surface area contributed by atoms with Gasteiger partial charge in [-0.25, -0.2) is 15.0 Å². The van der Waals surface area contributed by atoms with Gasteiger partial charge < -0.3 is 226 Å². The molecule has 55 heteroatoms. The summed E-state index contributed by atoms with van der Waals surface area (Å²) >= 11 is 0. The van der Waals surface area contributed by atoms with Crippen LogP contribution in [0.3, 0.4) is 0 Å². The van der Waals surface area contributed by atoms with Gasteiger partial charge in [-0.3, -0.25) is 9.59 Å². The third-order valence-electron chi connectivity index (χ3n) is 33.0. The summed E-state index contributed by atoms with van der Waals surface area (Å²) in [6.07, 6.45) is -76.6. The molecule has 0 spiro atoms. The zero-order valence-electron chi connectivity index (χ0n) is 84.4. The van der Waals surface area contributed by atoms with Crippen molar-refractivity contribution in [2.24, 2.45) is 61.0 Å². The maximum absolute atomic E-state index is 16.6. The second-order valence-corrected chi connectivity index (χ2v) is 43.2. The fourth-order valence-electron chi connectivity index (χ4n) is 24.7. The van der Waals surface area contributed by atoms with Crippen LogP contribution in [-0.4, -0.2) is 510 Å². The second kappa shape index (κ2) is 50.0. The van der Waals surface area contributed by atoms with Crippen LogP contribution in [0.2, 0.25) is 0 Å². The molecule has 9 heterocycles. The topological polar surface area (TPSA) is 819 Å². The molecule has 52 atom stereocenters. The molecule has 0 bridgehead atoms. The standard InChI is InChI=1S/C94H151N5O50/c1-37-69(141-81-67(121)72(46(105)34-133-81)143-83-62(116)57(111)55(109)47(30-100)138-83)59(113)64(118)82(134-37)147-76-65(119)70(142-85-68(122)74(71(39(3)135-85)137-40(4)102)145-80-61(115)54(108)45(104)33-132-80)38(2)136-86(76)149-88(125)94(126)35-93(10)42(41-29-89(5,6)17-13-43(41)94)11-12-50-90(7)18-15-51(91(8,49(90)14-19-92(50,93)9)36-97-98-52(106)16-21-127-23-25-129-27-28-130-26-24-128-22-20-96-99-95)140-87-77(148-84-63(117)58(112)56(110)48(31-101)139-84)73(66(120)75(146-87)78(123)124)144-79-60(114)53(107)44(103)32-131-79/h11,36-39,41,43-51,53-77,79-87,100-101,103-105,107-122,126H,12-35H2,1-10H3,(H,98,106)(H,123,124)/b97-36+/t37?,38?,39?,41?,43?,44?,45?,46?,47?,48?,49?,50?,51-,53?,54?,55?,56?,57?,58?,59?,60?,61?,62?,63?,64?,65?,66?,67?,68?,69?,70?,71?,72?,73?,74?,75?,76?,77?,79?,80?,81?,82?,83?,84?,85?,86?,87?,90-,91-,92+,93+,94+/m0/s1. The smallest absolute Gasteiger partial charge is 0.340 e. The molecular formula is C94H151N5O50. The molecule has 0 aromatic carbocycles. The largest absolute Gasteiger partial charge is 0.479 e. The number of fused-ring (bicyclic) bond motifs is 7. The molecular weight excluding hydrogens is 2000 g/mol. The van der Waals surface area contributed by atoms with Crippen molar-refractivity contribution in [2.75, 3.05) is 92.4 Å².